The zero-order valence-electron chi connectivity index (χ0n) is 10.00. The van der Waals surface area contributed by atoms with Gasteiger partial charge >= 0.3 is 6.18 Å². The number of alkyl halides is 4. The third kappa shape index (κ3) is 2.86. The summed E-state index contributed by atoms with van der Waals surface area (Å²) in [5, 5.41) is 0. The minimum atomic E-state index is -4.52. The summed E-state index contributed by atoms with van der Waals surface area (Å²) in [6.45, 7) is 0.364. The van der Waals surface area contributed by atoms with Crippen LogP contribution in [0.15, 0.2) is 18.2 Å². The van der Waals surface area contributed by atoms with Gasteiger partial charge in [-0.25, -0.2) is 0 Å². The van der Waals surface area contributed by atoms with E-state index in [4.69, 9.17) is 4.74 Å². The highest BCUT2D eigenvalue weighted by Gasteiger charge is 2.36. The third-order valence-corrected chi connectivity index (χ3v) is 3.49. The van der Waals surface area contributed by atoms with Gasteiger partial charge in [-0.3, -0.25) is 4.79 Å². The summed E-state index contributed by atoms with van der Waals surface area (Å²) in [5.41, 5.74) is -0.640. The molecule has 1 aliphatic rings. The quantitative estimate of drug-likeness (QED) is 0.775. The molecule has 0 aromatic heterocycles. The van der Waals surface area contributed by atoms with E-state index in [-0.39, 0.29) is 28.6 Å². The Morgan fingerprint density at radius 2 is 2.11 bits per heavy atom. The zero-order chi connectivity index (χ0) is 14.2. The van der Waals surface area contributed by atoms with Crippen molar-refractivity contribution in [2.75, 3.05) is 18.6 Å². The van der Waals surface area contributed by atoms with Crippen LogP contribution < -0.4 is 9.64 Å². The molecule has 1 unspecified atom stereocenters. The largest absolute Gasteiger partial charge is 0.496 e. The highest BCUT2D eigenvalue weighted by molar-refractivity contribution is 9.09. The Morgan fingerprint density at radius 3 is 2.58 bits per heavy atom. The molecule has 1 heterocycles. The van der Waals surface area contributed by atoms with E-state index in [2.05, 4.69) is 15.9 Å². The van der Waals surface area contributed by atoms with Gasteiger partial charge in [-0.15, -0.1) is 0 Å². The number of methoxy groups -OCH3 is 1. The van der Waals surface area contributed by atoms with Crippen molar-refractivity contribution in [3.8, 4) is 5.75 Å². The van der Waals surface area contributed by atoms with Gasteiger partial charge in [-0.1, -0.05) is 15.9 Å². The number of anilines is 1. The van der Waals surface area contributed by atoms with Crippen molar-refractivity contribution in [1.29, 1.82) is 0 Å². The number of benzene rings is 1. The lowest BCUT2D eigenvalue weighted by Gasteiger charge is -2.19. The predicted molar refractivity (Wildman–Crippen MR) is 67.7 cm³/mol. The van der Waals surface area contributed by atoms with E-state index in [9.17, 15) is 18.0 Å². The number of carbonyl (C=O) groups excluding carboxylic acids is 1. The van der Waals surface area contributed by atoms with E-state index in [0.29, 0.717) is 6.54 Å². The van der Waals surface area contributed by atoms with Crippen LogP contribution in [0.3, 0.4) is 0 Å². The summed E-state index contributed by atoms with van der Waals surface area (Å²) in [4.78, 5) is 13.0. The van der Waals surface area contributed by atoms with E-state index < -0.39 is 11.7 Å². The van der Waals surface area contributed by atoms with Gasteiger partial charge in [0.05, 0.1) is 12.7 Å². The molecule has 19 heavy (non-hydrogen) atoms. The average molecular weight is 338 g/mol. The van der Waals surface area contributed by atoms with Crippen molar-refractivity contribution in [2.45, 2.75) is 17.4 Å². The zero-order valence-corrected chi connectivity index (χ0v) is 11.6. The van der Waals surface area contributed by atoms with Gasteiger partial charge in [-0.2, -0.15) is 13.2 Å². The second-order valence-corrected chi connectivity index (χ2v) is 5.48. The molecule has 0 bridgehead atoms. The molecule has 1 fully saturated rings. The first kappa shape index (κ1) is 14.2. The maximum Gasteiger partial charge on any atom is 0.420 e. The number of carbonyl (C=O) groups is 1. The third-order valence-electron chi connectivity index (χ3n) is 2.88. The van der Waals surface area contributed by atoms with Gasteiger partial charge in [0.1, 0.15) is 5.75 Å². The molecule has 0 radical (unpaired) electrons. The van der Waals surface area contributed by atoms with Crippen LogP contribution in [0.5, 0.6) is 5.75 Å². The number of amides is 1. The highest BCUT2D eigenvalue weighted by Crippen LogP contribution is 2.39. The maximum atomic E-state index is 12.9. The molecule has 3 nitrogen and oxygen atoms in total. The molecule has 2 rings (SSSR count). The number of halogens is 4. The predicted octanol–water partition coefficient (Wildman–Crippen LogP) is 3.21. The minimum Gasteiger partial charge on any atom is -0.496 e. The lowest BCUT2D eigenvalue weighted by atomic mass is 10.1. The van der Waals surface area contributed by atoms with E-state index in [0.717, 1.165) is 6.07 Å². The number of nitrogens with zero attached hydrogens (tertiary/aromatic N) is 1. The van der Waals surface area contributed by atoms with Gasteiger partial charge in [0.2, 0.25) is 5.91 Å². The molecule has 7 heteroatoms. The molecular weight excluding hydrogens is 327 g/mol. The number of hydrogen-bond acceptors (Lipinski definition) is 2. The van der Waals surface area contributed by atoms with Crippen molar-refractivity contribution in [3.05, 3.63) is 23.8 Å². The molecule has 1 aliphatic heterocycles. The first-order chi connectivity index (χ1) is 8.82. The molecule has 1 aromatic rings. The van der Waals surface area contributed by atoms with Crippen LogP contribution in [0.1, 0.15) is 12.0 Å². The van der Waals surface area contributed by atoms with Crippen LogP contribution in [-0.4, -0.2) is 24.4 Å². The van der Waals surface area contributed by atoms with E-state index in [1.54, 1.807) is 0 Å². The first-order valence-corrected chi connectivity index (χ1v) is 6.44. The van der Waals surface area contributed by atoms with Crippen LogP contribution in [-0.2, 0) is 11.0 Å². The molecule has 1 aromatic carbocycles. The SMILES string of the molecule is COc1ccc(N2CC(Br)CC2=O)cc1C(F)(F)F. The van der Waals surface area contributed by atoms with Crippen molar-refractivity contribution in [1.82, 2.24) is 0 Å². The van der Waals surface area contributed by atoms with Crippen LogP contribution in [0, 0.1) is 0 Å². The molecule has 0 aliphatic carbocycles. The molecule has 0 saturated carbocycles. The van der Waals surface area contributed by atoms with Gasteiger partial charge in [0.15, 0.2) is 0 Å². The first-order valence-electron chi connectivity index (χ1n) is 5.52. The molecular formula is C12H11BrF3NO2. The van der Waals surface area contributed by atoms with Crippen LogP contribution in [0.25, 0.3) is 0 Å². The number of rotatable bonds is 2. The molecule has 0 spiro atoms. The molecule has 1 amide bonds. The van der Waals surface area contributed by atoms with Gasteiger partial charge < -0.3 is 9.64 Å². The van der Waals surface area contributed by atoms with Crippen molar-refractivity contribution in [2.24, 2.45) is 0 Å². The van der Waals surface area contributed by atoms with Crippen LogP contribution >= 0.6 is 15.9 Å². The summed E-state index contributed by atoms with van der Waals surface area (Å²) >= 11 is 3.29. The molecule has 104 valence electrons. The standard InChI is InChI=1S/C12H11BrF3NO2/c1-19-10-3-2-8(5-9(10)12(14,15)16)17-6-7(13)4-11(17)18/h2-3,5,7H,4,6H2,1H3. The Morgan fingerprint density at radius 1 is 1.42 bits per heavy atom. The van der Waals surface area contributed by atoms with Crippen LogP contribution in [0.4, 0.5) is 18.9 Å². The minimum absolute atomic E-state index is 0.0311. The monoisotopic (exact) mass is 337 g/mol. The second-order valence-electron chi connectivity index (χ2n) is 4.19. The van der Waals surface area contributed by atoms with E-state index in [1.807, 2.05) is 0 Å². The summed E-state index contributed by atoms with van der Waals surface area (Å²) in [6.07, 6.45) is -4.23. The number of ether oxygens (including phenoxy) is 1. The lowest BCUT2D eigenvalue weighted by Crippen LogP contribution is -2.25. The summed E-state index contributed by atoms with van der Waals surface area (Å²) < 4.78 is 43.4. The average Bonchev–Trinajstić information content (AvgIpc) is 2.66. The molecule has 0 N–H and O–H groups in total. The van der Waals surface area contributed by atoms with Crippen molar-refractivity contribution in [3.63, 3.8) is 0 Å². The summed E-state index contributed by atoms with van der Waals surface area (Å²) in [7, 11) is 1.18. The normalized spacial score (nSPS) is 19.9. The van der Waals surface area contributed by atoms with E-state index in [1.165, 1.54) is 24.1 Å². The number of hydrogen-bond donors (Lipinski definition) is 0. The van der Waals surface area contributed by atoms with Gasteiger partial charge in [-0.05, 0) is 18.2 Å². The molecule has 1 saturated heterocycles. The Balaban J connectivity index is 2.41. The topological polar surface area (TPSA) is 29.5 Å². The lowest BCUT2D eigenvalue weighted by molar-refractivity contribution is -0.138. The van der Waals surface area contributed by atoms with Crippen molar-refractivity contribution >= 4 is 27.5 Å². The fraction of sp³-hybridized carbons (Fsp3) is 0.417. The van der Waals surface area contributed by atoms with Crippen molar-refractivity contribution < 1.29 is 22.7 Å². The maximum absolute atomic E-state index is 12.9. The Kier molecular flexibility index (Phi) is 3.75. The summed E-state index contributed by atoms with van der Waals surface area (Å²) in [6, 6.07) is 3.63. The van der Waals surface area contributed by atoms with E-state index >= 15 is 0 Å². The molecule has 1 atom stereocenters. The summed E-state index contributed by atoms with van der Waals surface area (Å²) in [5.74, 6) is -0.446. The Hall–Kier alpha value is -1.24. The Labute approximate surface area is 116 Å². The second kappa shape index (κ2) is 5.03. The fourth-order valence-electron chi connectivity index (χ4n) is 2.00. The highest BCUT2D eigenvalue weighted by atomic mass is 79.9. The smallest absolute Gasteiger partial charge is 0.420 e. The fourth-order valence-corrected chi connectivity index (χ4v) is 2.57. The Bertz CT molecular complexity index is 504. The van der Waals surface area contributed by atoms with Crippen LogP contribution in [0.2, 0.25) is 0 Å². The van der Waals surface area contributed by atoms with Gasteiger partial charge in [0, 0.05) is 23.5 Å². The van der Waals surface area contributed by atoms with Gasteiger partial charge in [0.25, 0.3) is 0 Å².